The summed E-state index contributed by atoms with van der Waals surface area (Å²) in [5.41, 5.74) is 2.09. The fourth-order valence-corrected chi connectivity index (χ4v) is 12.7. The average molecular weight is 1460 g/mol. The Morgan fingerprint density at radius 1 is 0.811 bits per heavy atom. The summed E-state index contributed by atoms with van der Waals surface area (Å²) in [6, 6.07) is 14.4. The van der Waals surface area contributed by atoms with E-state index in [1.807, 2.05) is 24.3 Å². The van der Waals surface area contributed by atoms with Crippen molar-refractivity contribution in [1.29, 1.82) is 5.26 Å². The predicted molar refractivity (Wildman–Crippen MR) is 358 cm³/mol. The molecule has 4 atom stereocenters. The normalized spacial score (nSPS) is 18.4. The predicted octanol–water partition coefficient (Wildman–Crippen LogP) is 2.48. The summed E-state index contributed by atoms with van der Waals surface area (Å²) in [5, 5.41) is 72.0. The number of pyridine rings is 1. The van der Waals surface area contributed by atoms with Gasteiger partial charge in [-0.3, -0.25) is 73.2 Å². The summed E-state index contributed by atoms with van der Waals surface area (Å²) in [7, 11) is 0. The van der Waals surface area contributed by atoms with Crippen LogP contribution in [0.2, 0.25) is 0 Å². The van der Waals surface area contributed by atoms with Gasteiger partial charge in [-0.15, -0.1) is 0 Å². The molecule has 3 aliphatic rings. The van der Waals surface area contributed by atoms with E-state index in [4.69, 9.17) is 4.74 Å². The van der Waals surface area contributed by atoms with Crippen molar-refractivity contribution in [2.45, 2.75) is 108 Å². The van der Waals surface area contributed by atoms with Crippen molar-refractivity contribution in [3.8, 4) is 11.8 Å². The third-order valence-corrected chi connectivity index (χ3v) is 18.4. The highest BCUT2D eigenvalue weighted by atomic mass is 127. The molecule has 31 heteroatoms. The number of aryl methyl sites for hydroxylation is 1. The molecule has 3 aliphatic heterocycles. The number of nitrogens with zero attached hydrogens (tertiary/aromatic N) is 9. The van der Waals surface area contributed by atoms with E-state index in [2.05, 4.69) is 53.8 Å². The lowest BCUT2D eigenvalue weighted by atomic mass is 9.92. The van der Waals surface area contributed by atoms with Gasteiger partial charge in [0.1, 0.15) is 30.2 Å². The zero-order chi connectivity index (χ0) is 68.9. The largest absolute Gasteiger partial charge is 0.494 e. The number of thioether (sulfide) groups is 1. The summed E-state index contributed by atoms with van der Waals surface area (Å²) in [6.07, 6.45) is 4.10. The number of hydrogen-bond donors (Lipinski definition) is 9. The SMILES string of the molecule is C/C(=N\CCCCC(NC(=O)CN1CCN(CC(=O)O)CCN(CC(=O)O)CCN(CC(=O)O)CC1)C(=O)NCCSC[C@@H](O)C(=O)N1CCC(CCCOc2ccc3nccc(C(O)NCC(=O)N4CC(F)(F)C[C@@H]4C#N)c3c2)CC1)NC(=O)CCCc1ccc(I)cc1. The lowest BCUT2D eigenvalue weighted by Gasteiger charge is -2.33. The number of aliphatic hydroxyl groups excluding tert-OH is 2. The number of halogens is 3. The number of carbonyl (C=O) groups excluding carboxylic acids is 5. The smallest absolute Gasteiger partial charge is 0.317 e. The Kier molecular flexibility index (Phi) is 32.6. The molecule has 2 aromatic carbocycles. The van der Waals surface area contributed by atoms with Gasteiger partial charge in [-0.1, -0.05) is 12.1 Å². The number of alkyl halides is 2. The van der Waals surface area contributed by atoms with Gasteiger partial charge in [0.2, 0.25) is 23.6 Å². The molecular weight excluding hydrogens is 1370 g/mol. The lowest BCUT2D eigenvalue weighted by molar-refractivity contribution is -0.140. The van der Waals surface area contributed by atoms with Crippen LogP contribution in [-0.2, 0) is 44.8 Å². The van der Waals surface area contributed by atoms with Gasteiger partial charge in [0.15, 0.2) is 0 Å². The monoisotopic (exact) mass is 1460 g/mol. The molecule has 0 spiro atoms. The number of nitriles is 1. The molecule has 522 valence electrons. The van der Waals surface area contributed by atoms with E-state index >= 15 is 0 Å². The number of fused-ring (bicyclic) bond motifs is 1. The number of ether oxygens (including phenoxy) is 1. The number of amides is 5. The van der Waals surface area contributed by atoms with Crippen molar-refractivity contribution in [1.82, 2.24) is 55.7 Å². The van der Waals surface area contributed by atoms with Crippen LogP contribution >= 0.6 is 34.4 Å². The minimum Gasteiger partial charge on any atom is -0.494 e. The van der Waals surface area contributed by atoms with Gasteiger partial charge < -0.3 is 56.0 Å². The number of aliphatic hydroxyl groups is 2. The van der Waals surface area contributed by atoms with Crippen LogP contribution in [0.1, 0.15) is 88.5 Å². The summed E-state index contributed by atoms with van der Waals surface area (Å²) >= 11 is 3.53. The molecule has 1 aromatic heterocycles. The molecule has 4 heterocycles. The Balaban J connectivity index is 0.945. The van der Waals surface area contributed by atoms with E-state index in [1.54, 1.807) is 61.8 Å². The molecule has 2 unspecified atom stereocenters. The quantitative estimate of drug-likeness (QED) is 0.0136. The first kappa shape index (κ1) is 77.2. The number of likely N-dealkylation sites (tertiary alicyclic amines) is 2. The van der Waals surface area contributed by atoms with Crippen LogP contribution in [0.4, 0.5) is 8.78 Å². The van der Waals surface area contributed by atoms with Crippen LogP contribution < -0.4 is 26.0 Å². The van der Waals surface area contributed by atoms with Gasteiger partial charge in [-0.2, -0.15) is 17.0 Å². The molecule has 3 aromatic rings. The van der Waals surface area contributed by atoms with Gasteiger partial charge in [0.25, 0.3) is 11.8 Å². The molecule has 0 aliphatic carbocycles. The number of carbonyl (C=O) groups is 8. The number of aliphatic carboxylic acids is 3. The van der Waals surface area contributed by atoms with E-state index in [1.165, 1.54) is 18.0 Å². The molecule has 6 rings (SSSR count). The topological polar surface area (TPSA) is 364 Å². The van der Waals surface area contributed by atoms with Gasteiger partial charge in [-0.05, 0) is 135 Å². The molecule has 5 amide bonds. The number of piperidine rings is 1. The molecule has 0 bridgehead atoms. The Hall–Kier alpha value is -6.77. The first-order chi connectivity index (χ1) is 45.4. The summed E-state index contributed by atoms with van der Waals surface area (Å²) in [4.78, 5) is 120. The fraction of sp³-hybridized carbons (Fsp3) is 0.609. The molecule has 95 heavy (non-hydrogen) atoms. The maximum Gasteiger partial charge on any atom is 0.317 e. The van der Waals surface area contributed by atoms with Gasteiger partial charge in [0.05, 0.1) is 63.3 Å². The Morgan fingerprint density at radius 3 is 2.04 bits per heavy atom. The lowest BCUT2D eigenvalue weighted by Crippen LogP contribution is -2.52. The van der Waals surface area contributed by atoms with Crippen LogP contribution in [0.25, 0.3) is 10.9 Å². The van der Waals surface area contributed by atoms with Crippen LogP contribution in [0.3, 0.4) is 0 Å². The molecule has 27 nitrogen and oxygen atoms in total. The number of rotatable bonds is 34. The van der Waals surface area contributed by atoms with Crippen molar-refractivity contribution < 1.29 is 77.4 Å². The maximum absolute atomic E-state index is 13.9. The molecule has 3 saturated heterocycles. The summed E-state index contributed by atoms with van der Waals surface area (Å²) < 4.78 is 35.1. The van der Waals surface area contributed by atoms with Crippen molar-refractivity contribution in [3.05, 3.63) is 69.4 Å². The van der Waals surface area contributed by atoms with Gasteiger partial charge >= 0.3 is 17.9 Å². The minimum atomic E-state index is -3.17. The number of carboxylic acid groups (broad SMARTS) is 3. The van der Waals surface area contributed by atoms with Crippen molar-refractivity contribution in [2.24, 2.45) is 10.9 Å². The standard InChI is InChI=1S/C64H90F2IN13O14S/c1-44(73-55(82)9-4-6-45-10-12-47(67)13-11-45)69-19-3-2-8-53(74-56(83)38-75-24-26-76(39-58(85)86)28-30-78(41-60(89)90)31-29-77(27-25-75)40-59(87)88)62(92)71-21-33-95-42-54(81)63(93)79-22-17-46(18-23-79)7-5-32-94-49-14-15-52-51(34-49)50(16-20-70-52)61(91)72-37-57(84)80-43-64(65,66)35-48(80)36-68/h10-16,20,34,46,48,53-54,61,72,81,91H,2-9,17-19,21-33,35,37-43H2,1H3,(H,71,92)(H,74,83)(H,85,86)(H,87,88)(H,89,90)(H,69,73,82)/t48-,53?,54-,61?/m1/s1. The number of hydrogen-bond acceptors (Lipinski definition) is 20. The highest BCUT2D eigenvalue weighted by molar-refractivity contribution is 14.1. The highest BCUT2D eigenvalue weighted by Crippen LogP contribution is 2.32. The van der Waals surface area contributed by atoms with E-state index in [9.17, 15) is 77.9 Å². The van der Waals surface area contributed by atoms with E-state index in [-0.39, 0.29) is 109 Å². The summed E-state index contributed by atoms with van der Waals surface area (Å²) in [6.45, 7) is 2.59. The van der Waals surface area contributed by atoms with Gasteiger partial charge in [-0.25, -0.2) is 8.78 Å². The van der Waals surface area contributed by atoms with E-state index in [0.29, 0.717) is 98.1 Å². The Bertz CT molecular complexity index is 3080. The Morgan fingerprint density at radius 2 is 1.43 bits per heavy atom. The van der Waals surface area contributed by atoms with Gasteiger partial charge in [0, 0.05) is 124 Å². The number of amidine groups is 1. The zero-order valence-corrected chi connectivity index (χ0v) is 56.7. The molecular formula is C64H90F2IN13O14S. The molecule has 3 fully saturated rings. The summed E-state index contributed by atoms with van der Waals surface area (Å²) in [5.74, 6) is -6.93. The molecule has 0 saturated carbocycles. The van der Waals surface area contributed by atoms with Crippen molar-refractivity contribution >= 4 is 98.5 Å². The van der Waals surface area contributed by atoms with Crippen LogP contribution in [-0.4, -0.2) is 273 Å². The Labute approximate surface area is 569 Å². The first-order valence-electron chi connectivity index (χ1n) is 32.2. The second-order valence-electron chi connectivity index (χ2n) is 24.1. The van der Waals surface area contributed by atoms with E-state index < -0.39 is 85.5 Å². The van der Waals surface area contributed by atoms with Crippen molar-refractivity contribution in [3.63, 3.8) is 0 Å². The molecule has 9 N–H and O–H groups in total. The van der Waals surface area contributed by atoms with Crippen LogP contribution in [0.15, 0.2) is 59.7 Å². The number of nitrogens with one attached hydrogen (secondary N) is 4. The minimum absolute atomic E-state index is 0.0810. The average Bonchev–Trinajstić information content (AvgIpc) is 1.73. The van der Waals surface area contributed by atoms with Crippen LogP contribution in [0, 0.1) is 20.8 Å². The number of unbranched alkanes of at least 4 members (excludes halogenated alkanes) is 1. The number of carboxylic acids is 3. The van der Waals surface area contributed by atoms with E-state index in [0.717, 1.165) is 39.7 Å². The second kappa shape index (κ2) is 40.1. The van der Waals surface area contributed by atoms with Crippen molar-refractivity contribution in [2.75, 3.05) is 136 Å². The number of benzene rings is 2. The maximum atomic E-state index is 13.9. The zero-order valence-electron chi connectivity index (χ0n) is 53.7. The third kappa shape index (κ3) is 28.1. The first-order valence-corrected chi connectivity index (χ1v) is 34.4. The van der Waals surface area contributed by atoms with Crippen LogP contribution in [0.5, 0.6) is 5.75 Å². The second-order valence-corrected chi connectivity index (χ2v) is 26.5. The highest BCUT2D eigenvalue weighted by Gasteiger charge is 2.47. The fourth-order valence-electron chi connectivity index (χ4n) is 11.5. The number of aromatic nitrogens is 1. The third-order valence-electron chi connectivity index (χ3n) is 16.7. The number of aliphatic imine (C=N–C) groups is 1. The molecule has 0 radical (unpaired) electrons.